The van der Waals surface area contributed by atoms with Gasteiger partial charge in [-0.15, -0.1) is 0 Å². The highest BCUT2D eigenvalue weighted by molar-refractivity contribution is 6.31. The molecule has 0 saturated carbocycles. The van der Waals surface area contributed by atoms with E-state index in [1.165, 1.54) is 0 Å². The molecule has 5 heteroatoms. The Kier molecular flexibility index (Phi) is 1.48. The van der Waals surface area contributed by atoms with Crippen molar-refractivity contribution < 1.29 is 0 Å². The lowest BCUT2D eigenvalue weighted by Gasteiger charge is -2.18. The molecule has 0 atom stereocenters. The van der Waals surface area contributed by atoms with Crippen molar-refractivity contribution in [3.05, 3.63) is 37.4 Å². The molecule has 0 N–H and O–H groups in total. The van der Waals surface area contributed by atoms with Crippen molar-refractivity contribution in [3.8, 4) is 0 Å². The van der Waals surface area contributed by atoms with Gasteiger partial charge in [0.2, 0.25) is 0 Å². The van der Waals surface area contributed by atoms with Gasteiger partial charge in [0.15, 0.2) is 0 Å². The molecule has 0 bridgehead atoms. The van der Waals surface area contributed by atoms with Crippen molar-refractivity contribution in [1.29, 1.82) is 0 Å². The summed E-state index contributed by atoms with van der Waals surface area (Å²) in [6.07, 6.45) is 10.6. The summed E-state index contributed by atoms with van der Waals surface area (Å²) in [4.78, 5) is 7.80. The molecule has 2 radical (unpaired) electrons. The number of nitrogens with zero attached hydrogens (tertiary/aromatic N) is 4. The Bertz CT molecular complexity index is 267. The largest absolute Gasteiger partial charge is 0.555 e. The number of rotatable bonds is 2. The van der Waals surface area contributed by atoms with Gasteiger partial charge in [-0.1, -0.05) is 7.55 Å². The lowest BCUT2D eigenvalue weighted by atomic mass is 10.2. The summed E-state index contributed by atoms with van der Waals surface area (Å²) < 4.78 is 3.70. The summed E-state index contributed by atoms with van der Waals surface area (Å²) in [6, 6.07) is 0. The Morgan fingerprint density at radius 2 is 1.45 bits per heavy atom. The monoisotopic (exact) mass is 145 g/mol. The first-order chi connectivity index (χ1) is 5.45. The Labute approximate surface area is 64.8 Å². The fraction of sp³-hybridized carbons (Fsp3) is 0. The maximum absolute atomic E-state index is 3.90. The number of aromatic nitrogens is 4. The van der Waals surface area contributed by atoms with E-state index in [9.17, 15) is 0 Å². The first-order valence-corrected chi connectivity index (χ1v) is 3.25. The van der Waals surface area contributed by atoms with Crippen LogP contribution >= 0.6 is 0 Å². The minimum absolute atomic E-state index is 1.72. The van der Waals surface area contributed by atoms with E-state index >= 15 is 0 Å². The number of hydrogen-bond donors (Lipinski definition) is 0. The second-order valence-corrected chi connectivity index (χ2v) is 2.14. The molecule has 0 amide bonds. The van der Waals surface area contributed by atoms with E-state index in [1.807, 2.05) is 28.9 Å². The fourth-order valence-electron chi connectivity index (χ4n) is 0.829. The predicted molar refractivity (Wildman–Crippen MR) is 41.0 cm³/mol. The van der Waals surface area contributed by atoms with Crippen molar-refractivity contribution in [2.45, 2.75) is 0 Å². The summed E-state index contributed by atoms with van der Waals surface area (Å²) in [5.74, 6) is 0. The summed E-state index contributed by atoms with van der Waals surface area (Å²) in [6.45, 7) is 0. The first kappa shape index (κ1) is 6.21. The zero-order chi connectivity index (χ0) is 7.52. The molecular formula is C6H6BN4-. The molecule has 0 saturated heterocycles. The standard InChI is InChI=1S/C6H6BN4/c1-3-10(5-8-1)7-11-4-2-9-6-11/h1-6H/q-1. The van der Waals surface area contributed by atoms with Crippen LogP contribution in [0.4, 0.5) is 0 Å². The van der Waals surface area contributed by atoms with Crippen LogP contribution in [0.5, 0.6) is 0 Å². The Morgan fingerprint density at radius 1 is 0.909 bits per heavy atom. The van der Waals surface area contributed by atoms with Gasteiger partial charge >= 0.3 is 0 Å². The zero-order valence-corrected chi connectivity index (χ0v) is 5.83. The van der Waals surface area contributed by atoms with Crippen molar-refractivity contribution >= 4 is 7.55 Å². The smallest absolute Gasteiger partial charge is 0.0511 e. The minimum atomic E-state index is 1.72. The van der Waals surface area contributed by atoms with Gasteiger partial charge in [-0.25, -0.2) is 9.97 Å². The maximum Gasteiger partial charge on any atom is 0.0511 e. The van der Waals surface area contributed by atoms with E-state index in [2.05, 4.69) is 9.97 Å². The molecule has 54 valence electrons. The van der Waals surface area contributed by atoms with Gasteiger partial charge in [0.25, 0.3) is 0 Å². The lowest BCUT2D eigenvalue weighted by Crippen LogP contribution is -2.12. The Hall–Kier alpha value is -1.52. The van der Waals surface area contributed by atoms with Crippen LogP contribution in [-0.2, 0) is 0 Å². The third-order valence-electron chi connectivity index (χ3n) is 1.32. The molecule has 2 heterocycles. The van der Waals surface area contributed by atoms with E-state index in [1.54, 1.807) is 25.0 Å². The third-order valence-corrected chi connectivity index (χ3v) is 1.32. The van der Waals surface area contributed by atoms with Crippen LogP contribution < -0.4 is 0 Å². The van der Waals surface area contributed by atoms with Gasteiger partial charge in [-0.05, 0) is 12.4 Å². The van der Waals surface area contributed by atoms with Crippen molar-refractivity contribution in [1.82, 2.24) is 18.9 Å². The molecule has 0 spiro atoms. The molecule has 0 aliphatic carbocycles. The van der Waals surface area contributed by atoms with Crippen LogP contribution in [0.25, 0.3) is 0 Å². The van der Waals surface area contributed by atoms with E-state index in [4.69, 9.17) is 0 Å². The molecule has 0 aliphatic rings. The lowest BCUT2D eigenvalue weighted by molar-refractivity contribution is 1.08. The van der Waals surface area contributed by atoms with Crippen molar-refractivity contribution in [2.75, 3.05) is 0 Å². The summed E-state index contributed by atoms with van der Waals surface area (Å²) in [5.41, 5.74) is 0. The second-order valence-electron chi connectivity index (χ2n) is 2.14. The molecule has 2 aromatic rings. The SMILES string of the molecule is [B-](n1ccnc1)n1ccnc1. The maximum atomic E-state index is 3.90. The van der Waals surface area contributed by atoms with Crippen LogP contribution in [-0.4, -0.2) is 26.5 Å². The average Bonchev–Trinajstić information content (AvgIpc) is 2.60. The fourth-order valence-corrected chi connectivity index (χ4v) is 0.829. The zero-order valence-electron chi connectivity index (χ0n) is 5.83. The molecule has 2 aromatic heterocycles. The van der Waals surface area contributed by atoms with Gasteiger partial charge in [0, 0.05) is 12.4 Å². The number of imidazole rings is 2. The van der Waals surface area contributed by atoms with E-state index in [-0.39, 0.29) is 0 Å². The number of hydrogen-bond acceptors (Lipinski definition) is 2. The molecule has 0 aromatic carbocycles. The average molecular weight is 145 g/mol. The third kappa shape index (κ3) is 1.31. The Morgan fingerprint density at radius 3 is 1.82 bits per heavy atom. The van der Waals surface area contributed by atoms with Crippen molar-refractivity contribution in [2.24, 2.45) is 0 Å². The molecule has 0 aliphatic heterocycles. The topological polar surface area (TPSA) is 35.6 Å². The van der Waals surface area contributed by atoms with Crippen LogP contribution in [0.3, 0.4) is 0 Å². The van der Waals surface area contributed by atoms with Crippen molar-refractivity contribution in [3.63, 3.8) is 0 Å². The van der Waals surface area contributed by atoms with Gasteiger partial charge < -0.3 is 8.96 Å². The molecular weight excluding hydrogens is 139 g/mol. The highest BCUT2D eigenvalue weighted by atomic mass is 15.1. The van der Waals surface area contributed by atoms with E-state index in [0.717, 1.165) is 0 Å². The summed E-state index contributed by atoms with van der Waals surface area (Å²) in [7, 11) is 1.88. The molecule has 0 unspecified atom stereocenters. The molecule has 2 rings (SSSR count). The quantitative estimate of drug-likeness (QED) is 0.558. The van der Waals surface area contributed by atoms with E-state index in [0.29, 0.717) is 0 Å². The summed E-state index contributed by atoms with van der Waals surface area (Å²) in [5, 5.41) is 0. The van der Waals surface area contributed by atoms with Crippen LogP contribution in [0.15, 0.2) is 37.4 Å². The van der Waals surface area contributed by atoms with Gasteiger partial charge in [0.05, 0.1) is 12.7 Å². The minimum Gasteiger partial charge on any atom is -0.555 e. The van der Waals surface area contributed by atoms with E-state index < -0.39 is 0 Å². The second kappa shape index (κ2) is 2.61. The highest BCUT2D eigenvalue weighted by Crippen LogP contribution is 1.84. The highest BCUT2D eigenvalue weighted by Gasteiger charge is 1.76. The molecule has 11 heavy (non-hydrogen) atoms. The summed E-state index contributed by atoms with van der Waals surface area (Å²) >= 11 is 0. The van der Waals surface area contributed by atoms with Crippen LogP contribution in [0.1, 0.15) is 0 Å². The predicted octanol–water partition coefficient (Wildman–Crippen LogP) is 0.0102. The Balaban J connectivity index is 2.14. The van der Waals surface area contributed by atoms with Gasteiger partial charge in [0.1, 0.15) is 0 Å². The van der Waals surface area contributed by atoms with Crippen LogP contribution in [0, 0.1) is 0 Å². The molecule has 4 nitrogen and oxygen atoms in total. The van der Waals surface area contributed by atoms with Gasteiger partial charge in [-0.3, -0.25) is 0 Å². The van der Waals surface area contributed by atoms with Crippen LogP contribution in [0.2, 0.25) is 0 Å². The van der Waals surface area contributed by atoms with Gasteiger partial charge in [-0.2, -0.15) is 0 Å². The molecule has 0 fully saturated rings. The normalized spacial score (nSPS) is 10.2. The first-order valence-electron chi connectivity index (χ1n) is 3.25.